The molecule has 27 heavy (non-hydrogen) atoms. The van der Waals surface area contributed by atoms with Crippen LogP contribution in [0.2, 0.25) is 0 Å². The van der Waals surface area contributed by atoms with Crippen LogP contribution in [0.15, 0.2) is 16.6 Å². The molecule has 3 rings (SSSR count). The Hall–Kier alpha value is -1.87. The topological polar surface area (TPSA) is 85.2 Å². The largest absolute Gasteiger partial charge is 0.493 e. The molecule has 1 atom stereocenters. The van der Waals surface area contributed by atoms with Crippen LogP contribution in [-0.4, -0.2) is 58.7 Å². The van der Waals surface area contributed by atoms with Gasteiger partial charge in [-0.3, -0.25) is 15.0 Å². The van der Waals surface area contributed by atoms with E-state index in [-0.39, 0.29) is 17.8 Å². The van der Waals surface area contributed by atoms with Crippen LogP contribution in [0.5, 0.6) is 5.75 Å². The van der Waals surface area contributed by atoms with Crippen LogP contribution in [0.1, 0.15) is 32.8 Å². The predicted octanol–water partition coefficient (Wildman–Crippen LogP) is 3.56. The van der Waals surface area contributed by atoms with Crippen molar-refractivity contribution in [2.45, 2.75) is 45.4 Å². The molecule has 1 fully saturated rings. The van der Waals surface area contributed by atoms with E-state index in [9.17, 15) is 14.9 Å². The molecule has 1 aromatic carbocycles. The summed E-state index contributed by atoms with van der Waals surface area (Å²) in [6.07, 6.45) is 0.470. The van der Waals surface area contributed by atoms with E-state index in [1.165, 1.54) is 0 Å². The number of fused-ring (bicyclic) bond motifs is 2. The fourth-order valence-electron chi connectivity index (χ4n) is 3.38. The minimum absolute atomic E-state index is 0.0295. The summed E-state index contributed by atoms with van der Waals surface area (Å²) in [6.45, 7) is 8.42. The van der Waals surface area contributed by atoms with Gasteiger partial charge in [0.1, 0.15) is 11.4 Å². The van der Waals surface area contributed by atoms with Gasteiger partial charge in [0.25, 0.3) is 5.69 Å². The highest BCUT2D eigenvalue weighted by molar-refractivity contribution is 9.10. The number of hydrogen-bond donors (Lipinski definition) is 0. The van der Waals surface area contributed by atoms with E-state index in [1.807, 2.05) is 20.8 Å². The Kier molecular flexibility index (Phi) is 5.62. The summed E-state index contributed by atoms with van der Waals surface area (Å²) >= 11 is 3.24. The van der Waals surface area contributed by atoms with Gasteiger partial charge >= 0.3 is 6.09 Å². The van der Waals surface area contributed by atoms with E-state index in [4.69, 9.17) is 9.47 Å². The van der Waals surface area contributed by atoms with Crippen LogP contribution >= 0.6 is 15.9 Å². The first-order chi connectivity index (χ1) is 12.6. The van der Waals surface area contributed by atoms with Gasteiger partial charge in [0, 0.05) is 49.9 Å². The second-order valence-electron chi connectivity index (χ2n) is 7.86. The first kappa shape index (κ1) is 19.9. The van der Waals surface area contributed by atoms with E-state index >= 15 is 0 Å². The van der Waals surface area contributed by atoms with Crippen LogP contribution in [-0.2, 0) is 11.3 Å². The fourth-order valence-corrected chi connectivity index (χ4v) is 3.84. The molecule has 9 heteroatoms. The van der Waals surface area contributed by atoms with Gasteiger partial charge in [-0.15, -0.1) is 0 Å². The lowest BCUT2D eigenvalue weighted by atomic mass is 10.0. The molecule has 0 aromatic heterocycles. The number of halogens is 1. The van der Waals surface area contributed by atoms with Crippen molar-refractivity contribution in [1.82, 2.24) is 9.80 Å². The normalized spacial score (nSPS) is 20.6. The molecular formula is C18H24BrN3O5. The number of benzene rings is 1. The Bertz CT molecular complexity index is 749. The Balaban J connectivity index is 1.76. The molecule has 8 nitrogen and oxygen atoms in total. The number of nitro benzene ring substituents is 1. The fraction of sp³-hybridized carbons (Fsp3) is 0.611. The summed E-state index contributed by atoms with van der Waals surface area (Å²) in [4.78, 5) is 27.2. The Morgan fingerprint density at radius 1 is 1.37 bits per heavy atom. The third-order valence-electron chi connectivity index (χ3n) is 4.67. The maximum absolute atomic E-state index is 12.4. The summed E-state index contributed by atoms with van der Waals surface area (Å²) in [7, 11) is 0. The molecule has 0 radical (unpaired) electrons. The third kappa shape index (κ3) is 4.70. The molecular weight excluding hydrogens is 418 g/mol. The molecule has 1 aromatic rings. The Morgan fingerprint density at radius 2 is 2.11 bits per heavy atom. The van der Waals surface area contributed by atoms with Gasteiger partial charge in [0.15, 0.2) is 0 Å². The number of amides is 1. The minimum atomic E-state index is -0.524. The summed E-state index contributed by atoms with van der Waals surface area (Å²) in [6, 6.07) is 3.37. The highest BCUT2D eigenvalue weighted by Crippen LogP contribution is 2.35. The van der Waals surface area contributed by atoms with Crippen LogP contribution in [0, 0.1) is 10.1 Å². The van der Waals surface area contributed by atoms with Gasteiger partial charge in [-0.05, 0) is 43.1 Å². The number of rotatable bonds is 1. The van der Waals surface area contributed by atoms with E-state index in [0.717, 1.165) is 12.0 Å². The molecule has 0 bridgehead atoms. The predicted molar refractivity (Wildman–Crippen MR) is 103 cm³/mol. The number of hydrogen-bond acceptors (Lipinski definition) is 6. The molecule has 0 N–H and O–H groups in total. The summed E-state index contributed by atoms with van der Waals surface area (Å²) in [5.74, 6) is 0.667. The second-order valence-corrected chi connectivity index (χ2v) is 8.71. The summed E-state index contributed by atoms with van der Waals surface area (Å²) < 4.78 is 11.8. The Morgan fingerprint density at radius 3 is 2.78 bits per heavy atom. The molecule has 148 valence electrons. The molecule has 0 aliphatic carbocycles. The van der Waals surface area contributed by atoms with Crippen molar-refractivity contribution < 1.29 is 19.2 Å². The van der Waals surface area contributed by atoms with Gasteiger partial charge in [-0.2, -0.15) is 0 Å². The number of nitro groups is 1. The average Bonchev–Trinajstić information content (AvgIpc) is 2.54. The van der Waals surface area contributed by atoms with Crippen LogP contribution in [0.4, 0.5) is 10.5 Å². The zero-order valence-electron chi connectivity index (χ0n) is 15.7. The number of carbonyl (C=O) groups is 1. The van der Waals surface area contributed by atoms with Crippen molar-refractivity contribution in [3.05, 3.63) is 32.3 Å². The van der Waals surface area contributed by atoms with E-state index in [2.05, 4.69) is 20.8 Å². The smallest absolute Gasteiger partial charge is 0.410 e. The van der Waals surface area contributed by atoms with E-state index in [1.54, 1.807) is 17.0 Å². The van der Waals surface area contributed by atoms with Gasteiger partial charge < -0.3 is 14.4 Å². The quantitative estimate of drug-likeness (QED) is 0.489. The molecule has 0 unspecified atom stereocenters. The monoisotopic (exact) mass is 441 g/mol. The highest BCUT2D eigenvalue weighted by atomic mass is 79.9. The maximum Gasteiger partial charge on any atom is 0.410 e. The van der Waals surface area contributed by atoms with Crippen molar-refractivity contribution in [2.24, 2.45) is 0 Å². The number of carbonyl (C=O) groups excluding carboxylic acids is 1. The second kappa shape index (κ2) is 7.63. The zero-order chi connectivity index (χ0) is 19.8. The lowest BCUT2D eigenvalue weighted by molar-refractivity contribution is -0.385. The maximum atomic E-state index is 12.4. The van der Waals surface area contributed by atoms with Crippen molar-refractivity contribution >= 4 is 27.7 Å². The third-order valence-corrected chi connectivity index (χ3v) is 5.30. The summed E-state index contributed by atoms with van der Waals surface area (Å²) in [5, 5.41) is 11.2. The standard InChI is InChI=1S/C18H24BrN3O5/c1-18(2,3)27-17(23)21-6-5-20-10-12-8-15(22(24)25)14(19)9-16(12)26-7-4-13(20)11-21/h8-9,13H,4-7,10-11H2,1-3H3/t13-/m0/s1. The number of piperazine rings is 1. The number of nitrogens with zero attached hydrogens (tertiary/aromatic N) is 3. The van der Waals surface area contributed by atoms with E-state index < -0.39 is 10.5 Å². The SMILES string of the molecule is CC(C)(C)OC(=O)N1CCN2Cc3cc([N+](=O)[O-])c(Br)cc3OCC[C@H]2C1. The first-order valence-corrected chi connectivity index (χ1v) is 9.75. The van der Waals surface area contributed by atoms with Crippen molar-refractivity contribution in [1.29, 1.82) is 0 Å². The Labute approximate surface area is 166 Å². The van der Waals surface area contributed by atoms with Crippen LogP contribution < -0.4 is 4.74 Å². The molecule has 1 saturated heterocycles. The summed E-state index contributed by atoms with van der Waals surface area (Å²) in [5.41, 5.74) is 0.297. The van der Waals surface area contributed by atoms with Crippen LogP contribution in [0.25, 0.3) is 0 Å². The van der Waals surface area contributed by atoms with E-state index in [0.29, 0.717) is 43.0 Å². The lowest BCUT2D eigenvalue weighted by Crippen LogP contribution is -2.55. The molecule has 0 saturated carbocycles. The van der Waals surface area contributed by atoms with Gasteiger partial charge in [0.05, 0.1) is 16.0 Å². The van der Waals surface area contributed by atoms with Crippen molar-refractivity contribution in [3.8, 4) is 5.75 Å². The van der Waals surface area contributed by atoms with Crippen LogP contribution in [0.3, 0.4) is 0 Å². The van der Waals surface area contributed by atoms with Gasteiger partial charge in [-0.1, -0.05) is 0 Å². The van der Waals surface area contributed by atoms with Crippen molar-refractivity contribution in [2.75, 3.05) is 26.2 Å². The molecule has 2 heterocycles. The highest BCUT2D eigenvalue weighted by Gasteiger charge is 2.33. The molecule has 0 spiro atoms. The average molecular weight is 442 g/mol. The number of ether oxygens (including phenoxy) is 2. The minimum Gasteiger partial charge on any atom is -0.493 e. The molecule has 2 aliphatic heterocycles. The lowest BCUT2D eigenvalue weighted by Gasteiger charge is -2.42. The first-order valence-electron chi connectivity index (χ1n) is 8.95. The molecule has 1 amide bonds. The molecule has 2 aliphatic rings. The zero-order valence-corrected chi connectivity index (χ0v) is 17.3. The van der Waals surface area contributed by atoms with Gasteiger partial charge in [-0.25, -0.2) is 4.79 Å². The van der Waals surface area contributed by atoms with Gasteiger partial charge in [0.2, 0.25) is 0 Å². The van der Waals surface area contributed by atoms with Crippen molar-refractivity contribution in [3.63, 3.8) is 0 Å².